The smallest absolute Gasteiger partial charge is 0.351 e. The average Bonchev–Trinajstić information content (AvgIpc) is 2.92. The molecule has 0 unspecified atom stereocenters. The fourth-order valence-corrected chi connectivity index (χ4v) is 6.41. The van der Waals surface area contributed by atoms with Crippen molar-refractivity contribution in [1.82, 2.24) is 24.8 Å². The molecule has 4 atom stereocenters. The highest BCUT2D eigenvalue weighted by molar-refractivity contribution is 5.91. The molecule has 1 amide bonds. The number of hydrogen-bond donors (Lipinski definition) is 2. The van der Waals surface area contributed by atoms with E-state index in [1.807, 2.05) is 45.6 Å². The van der Waals surface area contributed by atoms with Crippen LogP contribution in [0.25, 0.3) is 22.3 Å². The number of phenolic OH excluding ortho intramolecular Hbond substituents is 1. The van der Waals surface area contributed by atoms with Gasteiger partial charge in [-0.1, -0.05) is 38.1 Å². The number of anilines is 1. The van der Waals surface area contributed by atoms with Crippen LogP contribution < -0.4 is 15.9 Å². The summed E-state index contributed by atoms with van der Waals surface area (Å²) in [5.74, 6) is -2.02. The fourth-order valence-electron chi connectivity index (χ4n) is 6.41. The summed E-state index contributed by atoms with van der Waals surface area (Å²) in [6.07, 6.45) is 3.26. The van der Waals surface area contributed by atoms with Gasteiger partial charge in [0.1, 0.15) is 28.7 Å². The van der Waals surface area contributed by atoms with Gasteiger partial charge in [0.25, 0.3) is 0 Å². The zero-order valence-electron chi connectivity index (χ0n) is 24.4. The molecule has 0 spiro atoms. The van der Waals surface area contributed by atoms with Crippen molar-refractivity contribution < 1.29 is 18.7 Å². The number of carbonyl (C=O) groups is 1. The summed E-state index contributed by atoms with van der Waals surface area (Å²) in [7, 11) is 0. The molecular formula is C31H36F2N6O3. The van der Waals surface area contributed by atoms with Gasteiger partial charge in [0.15, 0.2) is 5.82 Å². The molecule has 2 aromatic heterocycles. The van der Waals surface area contributed by atoms with Crippen molar-refractivity contribution in [3.05, 3.63) is 70.7 Å². The van der Waals surface area contributed by atoms with Crippen LogP contribution in [-0.4, -0.2) is 68.2 Å². The molecule has 9 nitrogen and oxygen atoms in total. The summed E-state index contributed by atoms with van der Waals surface area (Å²) >= 11 is 0. The van der Waals surface area contributed by atoms with E-state index in [1.165, 1.54) is 28.8 Å². The van der Waals surface area contributed by atoms with Gasteiger partial charge in [-0.3, -0.25) is 9.36 Å². The number of halogens is 2. The van der Waals surface area contributed by atoms with E-state index < -0.39 is 34.8 Å². The first-order valence-electron chi connectivity index (χ1n) is 14.1. The first kappa shape index (κ1) is 29.4. The first-order chi connectivity index (χ1) is 19.9. The predicted octanol–water partition coefficient (Wildman–Crippen LogP) is 4.17. The number of piperazine rings is 1. The Morgan fingerprint density at radius 1 is 1.17 bits per heavy atom. The molecule has 0 aliphatic carbocycles. The normalized spacial score (nSPS) is 22.9. The summed E-state index contributed by atoms with van der Waals surface area (Å²) in [6.45, 7) is 14.7. The molecule has 1 aromatic carbocycles. The molecule has 1 fully saturated rings. The number of nitrogens with zero attached hydrogens (tertiary/aromatic N) is 5. The standard InChI is InChI=1S/C31H36F2N6O3/c1-7-24(41)38-18(5)14-37(15-19(38)6)29-20-13-22(33)27(25-21(32)9-8-10-23(25)40)35-30(20)39(31(42)36-29)28-17(4)11-12-34-26(28)16(2)3/h7-11,13,16,18-19,26,28,34,40H,1,12,14-15H2,2-6H3/t18-,19+,26-,28-/m0/s1. The Bertz CT molecular complexity index is 1620. The van der Waals surface area contributed by atoms with Gasteiger partial charge in [0.2, 0.25) is 5.91 Å². The maximum Gasteiger partial charge on any atom is 0.351 e. The topological polar surface area (TPSA) is 104 Å². The number of carbonyl (C=O) groups excluding carboxylic acids is 1. The zero-order valence-corrected chi connectivity index (χ0v) is 24.4. The zero-order chi connectivity index (χ0) is 30.5. The third-order valence-corrected chi connectivity index (χ3v) is 8.29. The number of fused-ring (bicyclic) bond motifs is 1. The number of amides is 1. The van der Waals surface area contributed by atoms with Crippen molar-refractivity contribution in [2.24, 2.45) is 5.92 Å². The van der Waals surface area contributed by atoms with Crippen LogP contribution in [0.4, 0.5) is 14.6 Å². The van der Waals surface area contributed by atoms with Crippen molar-refractivity contribution in [2.75, 3.05) is 24.5 Å². The maximum atomic E-state index is 15.9. The van der Waals surface area contributed by atoms with E-state index in [-0.39, 0.29) is 52.4 Å². The molecular weight excluding hydrogens is 542 g/mol. The van der Waals surface area contributed by atoms with Crippen LogP contribution in [0, 0.1) is 17.6 Å². The largest absolute Gasteiger partial charge is 0.507 e. The highest BCUT2D eigenvalue weighted by atomic mass is 19.1. The third kappa shape index (κ3) is 4.95. The number of nitrogens with one attached hydrogen (secondary N) is 1. The van der Waals surface area contributed by atoms with E-state index in [9.17, 15) is 19.1 Å². The molecule has 5 rings (SSSR count). The Hall–Kier alpha value is -4.12. The van der Waals surface area contributed by atoms with E-state index in [2.05, 4.69) is 21.9 Å². The number of rotatable bonds is 5. The van der Waals surface area contributed by atoms with E-state index >= 15 is 4.39 Å². The second kappa shape index (κ2) is 11.3. The number of benzene rings is 1. The summed E-state index contributed by atoms with van der Waals surface area (Å²) in [5, 5.41) is 14.2. The lowest BCUT2D eigenvalue weighted by Gasteiger charge is -2.44. The van der Waals surface area contributed by atoms with Crippen LogP contribution >= 0.6 is 0 Å². The Morgan fingerprint density at radius 3 is 2.48 bits per heavy atom. The van der Waals surface area contributed by atoms with Gasteiger partial charge in [-0.15, -0.1) is 0 Å². The highest BCUT2D eigenvalue weighted by Gasteiger charge is 2.36. The minimum absolute atomic E-state index is 0.119. The fraction of sp³-hybridized carbons (Fsp3) is 0.419. The second-order valence-corrected chi connectivity index (χ2v) is 11.5. The molecule has 1 saturated heterocycles. The third-order valence-electron chi connectivity index (χ3n) is 8.29. The molecule has 42 heavy (non-hydrogen) atoms. The van der Waals surface area contributed by atoms with Crippen molar-refractivity contribution in [3.63, 3.8) is 0 Å². The van der Waals surface area contributed by atoms with Crippen molar-refractivity contribution in [3.8, 4) is 17.0 Å². The summed E-state index contributed by atoms with van der Waals surface area (Å²) in [4.78, 5) is 39.1. The van der Waals surface area contributed by atoms with Gasteiger partial charge >= 0.3 is 5.69 Å². The van der Waals surface area contributed by atoms with Gasteiger partial charge in [-0.2, -0.15) is 4.98 Å². The van der Waals surface area contributed by atoms with Crippen LogP contribution in [0.2, 0.25) is 0 Å². The maximum absolute atomic E-state index is 15.9. The van der Waals surface area contributed by atoms with Crippen molar-refractivity contribution in [2.45, 2.75) is 58.8 Å². The number of aromatic nitrogens is 3. The number of aromatic hydroxyl groups is 1. The molecule has 0 radical (unpaired) electrons. The van der Waals surface area contributed by atoms with E-state index in [1.54, 1.807) is 4.90 Å². The van der Waals surface area contributed by atoms with Crippen LogP contribution in [-0.2, 0) is 4.79 Å². The van der Waals surface area contributed by atoms with E-state index in [0.29, 0.717) is 19.6 Å². The first-order valence-corrected chi connectivity index (χ1v) is 14.1. The van der Waals surface area contributed by atoms with Crippen LogP contribution in [0.1, 0.15) is 40.7 Å². The van der Waals surface area contributed by atoms with Crippen LogP contribution in [0.5, 0.6) is 5.75 Å². The molecule has 222 valence electrons. The summed E-state index contributed by atoms with van der Waals surface area (Å²) in [5.41, 5.74) is -0.329. The van der Waals surface area contributed by atoms with E-state index in [4.69, 9.17) is 0 Å². The molecule has 2 aliphatic rings. The average molecular weight is 579 g/mol. The van der Waals surface area contributed by atoms with Gasteiger partial charge in [0, 0.05) is 37.8 Å². The van der Waals surface area contributed by atoms with Crippen molar-refractivity contribution >= 4 is 22.8 Å². The van der Waals surface area contributed by atoms with Gasteiger partial charge in [0.05, 0.1) is 17.0 Å². The molecule has 2 aliphatic heterocycles. The van der Waals surface area contributed by atoms with E-state index in [0.717, 1.165) is 11.6 Å². The quantitative estimate of drug-likeness (QED) is 0.346. The van der Waals surface area contributed by atoms with Gasteiger partial charge in [-0.25, -0.2) is 18.6 Å². The highest BCUT2D eigenvalue weighted by Crippen LogP contribution is 2.37. The Morgan fingerprint density at radius 2 is 1.86 bits per heavy atom. The molecule has 0 saturated carbocycles. The SMILES string of the molecule is C=CC(=O)N1[C@H](C)CN(c2nc(=O)n([C@H]3C(C)=CCN[C@H]3C(C)C)c3nc(-c4c(O)cccc4F)c(F)cc23)C[C@@H]1C. The minimum Gasteiger partial charge on any atom is -0.507 e. The lowest BCUT2D eigenvalue weighted by atomic mass is 9.88. The van der Waals surface area contributed by atoms with Crippen molar-refractivity contribution in [1.29, 1.82) is 0 Å². The van der Waals surface area contributed by atoms with Gasteiger partial charge in [-0.05, 0) is 51.0 Å². The molecule has 3 aromatic rings. The second-order valence-electron chi connectivity index (χ2n) is 11.5. The number of pyridine rings is 1. The summed E-state index contributed by atoms with van der Waals surface area (Å²) < 4.78 is 32.3. The van der Waals surface area contributed by atoms with Gasteiger partial charge < -0.3 is 20.2 Å². The Balaban J connectivity index is 1.78. The molecule has 4 heterocycles. The Kier molecular flexibility index (Phi) is 7.89. The lowest BCUT2D eigenvalue weighted by Crippen LogP contribution is -2.59. The molecule has 11 heteroatoms. The minimum atomic E-state index is -0.868. The Labute approximate surface area is 243 Å². The lowest BCUT2D eigenvalue weighted by molar-refractivity contribution is -0.130. The number of phenols is 1. The summed E-state index contributed by atoms with van der Waals surface area (Å²) in [6, 6.07) is 3.76. The van der Waals surface area contributed by atoms with Crippen LogP contribution in [0.3, 0.4) is 0 Å². The number of hydrogen-bond acceptors (Lipinski definition) is 7. The monoisotopic (exact) mass is 578 g/mol. The predicted molar refractivity (Wildman–Crippen MR) is 158 cm³/mol. The molecule has 0 bridgehead atoms. The molecule has 2 N–H and O–H groups in total. The van der Waals surface area contributed by atoms with Crippen LogP contribution in [0.15, 0.2) is 53.4 Å².